The van der Waals surface area contributed by atoms with Gasteiger partial charge in [0.05, 0.1) is 10.6 Å². The largest absolute Gasteiger partial charge is 0.350 e. The molecule has 0 aliphatic heterocycles. The second-order valence-corrected chi connectivity index (χ2v) is 13.5. The van der Waals surface area contributed by atoms with E-state index in [0.717, 1.165) is 26.6 Å². The number of hydrogen-bond acceptors (Lipinski definition) is 4. The van der Waals surface area contributed by atoms with Crippen molar-refractivity contribution in [1.29, 1.82) is 0 Å². The molecule has 40 heavy (non-hydrogen) atoms. The Morgan fingerprint density at radius 2 is 1.57 bits per heavy atom. The normalized spacial score (nSPS) is 12.5. The van der Waals surface area contributed by atoms with Crippen molar-refractivity contribution in [2.24, 2.45) is 0 Å². The number of sulfonamides is 1. The van der Waals surface area contributed by atoms with Crippen LogP contribution in [0.4, 0.5) is 5.69 Å². The predicted molar refractivity (Wildman–Crippen MR) is 161 cm³/mol. The number of amides is 2. The van der Waals surface area contributed by atoms with Gasteiger partial charge in [0, 0.05) is 17.1 Å². The lowest BCUT2D eigenvalue weighted by molar-refractivity contribution is -0.140. The zero-order valence-electron chi connectivity index (χ0n) is 24.2. The maximum atomic E-state index is 14.0. The summed E-state index contributed by atoms with van der Waals surface area (Å²) >= 11 is 6.20. The molecule has 0 saturated carbocycles. The molecule has 0 radical (unpaired) electrons. The summed E-state index contributed by atoms with van der Waals surface area (Å²) in [5.41, 5.74) is 3.37. The molecule has 0 aliphatic rings. The van der Waals surface area contributed by atoms with Crippen LogP contribution in [0.15, 0.2) is 71.6 Å². The molecule has 3 aromatic carbocycles. The number of carbonyl (C=O) groups excluding carboxylic acids is 2. The summed E-state index contributed by atoms with van der Waals surface area (Å²) in [7, 11) is -4.12. The van der Waals surface area contributed by atoms with Gasteiger partial charge in [-0.3, -0.25) is 13.9 Å². The van der Waals surface area contributed by atoms with Gasteiger partial charge in [-0.05, 0) is 102 Å². The highest BCUT2D eigenvalue weighted by atomic mass is 35.5. The van der Waals surface area contributed by atoms with E-state index in [9.17, 15) is 18.0 Å². The summed E-state index contributed by atoms with van der Waals surface area (Å²) in [6.45, 7) is 12.5. The second kappa shape index (κ2) is 12.4. The number of carbonyl (C=O) groups is 2. The first-order chi connectivity index (χ1) is 18.6. The predicted octanol–water partition coefficient (Wildman–Crippen LogP) is 5.79. The molecule has 0 heterocycles. The number of rotatable bonds is 9. The molecule has 1 atom stereocenters. The Morgan fingerprint density at radius 1 is 0.925 bits per heavy atom. The lowest BCUT2D eigenvalue weighted by atomic mass is 10.1. The summed E-state index contributed by atoms with van der Waals surface area (Å²) in [4.78, 5) is 28.7. The molecule has 3 aromatic rings. The summed E-state index contributed by atoms with van der Waals surface area (Å²) in [5.74, 6) is -0.868. The fourth-order valence-electron chi connectivity index (χ4n) is 4.14. The van der Waals surface area contributed by atoms with Crippen molar-refractivity contribution in [2.75, 3.05) is 10.8 Å². The maximum absolute atomic E-state index is 14.0. The lowest BCUT2D eigenvalue weighted by Gasteiger charge is -2.33. The van der Waals surface area contributed by atoms with Gasteiger partial charge in [0.25, 0.3) is 10.0 Å². The van der Waals surface area contributed by atoms with Crippen LogP contribution in [0.25, 0.3) is 0 Å². The highest BCUT2D eigenvalue weighted by Gasteiger charge is 2.33. The molecule has 1 N–H and O–H groups in total. The number of hydrogen-bond donors (Lipinski definition) is 1. The van der Waals surface area contributed by atoms with Crippen LogP contribution in [0, 0.1) is 20.8 Å². The van der Waals surface area contributed by atoms with Gasteiger partial charge in [-0.25, -0.2) is 8.42 Å². The van der Waals surface area contributed by atoms with Gasteiger partial charge < -0.3 is 10.2 Å². The lowest BCUT2D eigenvalue weighted by Crippen LogP contribution is -2.54. The van der Waals surface area contributed by atoms with Gasteiger partial charge in [-0.2, -0.15) is 0 Å². The first kappa shape index (κ1) is 31.2. The first-order valence-electron chi connectivity index (χ1n) is 13.1. The average molecular weight is 584 g/mol. The Labute approximate surface area is 243 Å². The van der Waals surface area contributed by atoms with Crippen molar-refractivity contribution in [1.82, 2.24) is 10.2 Å². The Balaban J connectivity index is 2.07. The average Bonchev–Trinajstić information content (AvgIpc) is 2.86. The van der Waals surface area contributed by atoms with E-state index in [4.69, 9.17) is 11.6 Å². The molecular formula is C31H38ClN3O4S. The van der Waals surface area contributed by atoms with Gasteiger partial charge in [0.15, 0.2) is 0 Å². The Kier molecular flexibility index (Phi) is 9.69. The van der Waals surface area contributed by atoms with Crippen LogP contribution in [0.3, 0.4) is 0 Å². The minimum atomic E-state index is -4.12. The molecular weight excluding hydrogens is 546 g/mol. The van der Waals surface area contributed by atoms with E-state index in [1.54, 1.807) is 49.4 Å². The first-order valence-corrected chi connectivity index (χ1v) is 14.9. The van der Waals surface area contributed by atoms with Gasteiger partial charge in [0.1, 0.15) is 12.6 Å². The number of benzene rings is 3. The quantitative estimate of drug-likeness (QED) is 0.345. The molecule has 0 spiro atoms. The summed E-state index contributed by atoms with van der Waals surface area (Å²) in [6, 6.07) is 17.9. The molecule has 7 nitrogen and oxygen atoms in total. The number of halogens is 1. The highest BCUT2D eigenvalue weighted by Crippen LogP contribution is 2.27. The molecule has 0 aromatic heterocycles. The second-order valence-electron chi connectivity index (χ2n) is 11.2. The summed E-state index contributed by atoms with van der Waals surface area (Å²) < 4.78 is 29.0. The molecule has 0 fully saturated rings. The van der Waals surface area contributed by atoms with Crippen LogP contribution in [0.5, 0.6) is 0 Å². The molecule has 0 aliphatic carbocycles. The third kappa shape index (κ3) is 7.86. The fraction of sp³-hybridized carbons (Fsp3) is 0.355. The molecule has 0 bridgehead atoms. The molecule has 0 saturated heterocycles. The third-order valence-corrected chi connectivity index (χ3v) is 8.60. The van der Waals surface area contributed by atoms with Gasteiger partial charge in [0.2, 0.25) is 11.8 Å². The third-order valence-electron chi connectivity index (χ3n) is 6.57. The Bertz CT molecular complexity index is 1480. The molecule has 214 valence electrons. The van der Waals surface area contributed by atoms with Crippen LogP contribution in [0.1, 0.15) is 49.9 Å². The maximum Gasteiger partial charge on any atom is 0.264 e. The molecule has 3 rings (SSSR count). The van der Waals surface area contributed by atoms with Crippen molar-refractivity contribution in [3.63, 3.8) is 0 Å². The molecule has 9 heteroatoms. The van der Waals surface area contributed by atoms with E-state index in [1.165, 1.54) is 17.0 Å². The topological polar surface area (TPSA) is 86.8 Å². The van der Waals surface area contributed by atoms with Crippen molar-refractivity contribution in [3.8, 4) is 0 Å². The zero-order chi connectivity index (χ0) is 29.8. The van der Waals surface area contributed by atoms with Crippen LogP contribution >= 0.6 is 11.6 Å². The Morgan fingerprint density at radius 3 is 2.15 bits per heavy atom. The van der Waals surface area contributed by atoms with E-state index in [1.807, 2.05) is 53.7 Å². The number of nitrogens with zero attached hydrogens (tertiary/aromatic N) is 2. The van der Waals surface area contributed by atoms with Crippen molar-refractivity contribution < 1.29 is 18.0 Å². The van der Waals surface area contributed by atoms with E-state index in [0.29, 0.717) is 10.7 Å². The summed E-state index contributed by atoms with van der Waals surface area (Å²) in [6.07, 6.45) is 0. The Hall–Kier alpha value is -3.36. The van der Waals surface area contributed by atoms with Crippen LogP contribution < -0.4 is 9.62 Å². The van der Waals surface area contributed by atoms with Crippen LogP contribution in [-0.2, 0) is 26.2 Å². The van der Waals surface area contributed by atoms with Crippen molar-refractivity contribution in [2.45, 2.75) is 71.5 Å². The highest BCUT2D eigenvalue weighted by molar-refractivity contribution is 7.92. The zero-order valence-corrected chi connectivity index (χ0v) is 25.7. The van der Waals surface area contributed by atoms with Crippen LogP contribution in [-0.4, -0.2) is 43.3 Å². The van der Waals surface area contributed by atoms with Crippen LogP contribution in [0.2, 0.25) is 5.02 Å². The SMILES string of the molecule is Cc1ccc(S(=O)(=O)N(CC(=O)N(Cc2cccc(Cl)c2)[C@H](C)C(=O)NC(C)(C)C)c2ccc(C)c(C)c2)cc1. The van der Waals surface area contributed by atoms with Crippen molar-refractivity contribution >= 4 is 39.1 Å². The molecule has 0 unspecified atom stereocenters. The number of aryl methyl sites for hydroxylation is 3. The van der Waals surface area contributed by atoms with E-state index >= 15 is 0 Å². The fourth-order valence-corrected chi connectivity index (χ4v) is 5.75. The van der Waals surface area contributed by atoms with E-state index in [2.05, 4.69) is 5.32 Å². The standard InChI is InChI=1S/C31H38ClN3O4S/c1-21-11-15-28(16-12-21)40(38,39)35(27-14-13-22(2)23(3)17-27)20-29(36)34(19-25-9-8-10-26(32)18-25)24(4)30(37)33-31(5,6)7/h8-18,24H,19-20H2,1-7H3,(H,33,37)/t24-/m1/s1. The van der Waals surface area contributed by atoms with Gasteiger partial charge in [-0.1, -0.05) is 47.5 Å². The monoisotopic (exact) mass is 583 g/mol. The minimum Gasteiger partial charge on any atom is -0.350 e. The molecule has 2 amide bonds. The van der Waals surface area contributed by atoms with Crippen molar-refractivity contribution in [3.05, 3.63) is 94.0 Å². The number of anilines is 1. The van der Waals surface area contributed by atoms with Gasteiger partial charge >= 0.3 is 0 Å². The van der Waals surface area contributed by atoms with Gasteiger partial charge in [-0.15, -0.1) is 0 Å². The van der Waals surface area contributed by atoms with E-state index < -0.39 is 34.1 Å². The van der Waals surface area contributed by atoms with E-state index in [-0.39, 0.29) is 17.3 Å². The summed E-state index contributed by atoms with van der Waals surface area (Å²) in [5, 5.41) is 3.42. The smallest absolute Gasteiger partial charge is 0.264 e. The number of nitrogens with one attached hydrogen (secondary N) is 1. The minimum absolute atomic E-state index is 0.0729.